The Morgan fingerprint density at radius 3 is 0.893 bits per heavy atom. The van der Waals surface area contributed by atoms with Crippen molar-refractivity contribution in [3.63, 3.8) is 0 Å². The average molecular weight is 480 g/mol. The normalized spacial score (nSPS) is 13.5. The summed E-state index contributed by atoms with van der Waals surface area (Å²) < 4.78 is 0. The second-order valence-electron chi connectivity index (χ2n) is 9.61. The van der Waals surface area contributed by atoms with Gasteiger partial charge in [-0.1, -0.05) is 0 Å². The third-order valence-electron chi connectivity index (χ3n) is 7.00. The molecule has 0 aliphatic carbocycles. The molecule has 0 heterocycles. The van der Waals surface area contributed by atoms with Crippen molar-refractivity contribution in [2.24, 2.45) is 0 Å². The predicted octanol–water partition coefficient (Wildman–Crippen LogP) is 11.0. The molecular formula is C26H56BrP. The SMILES string of the molecule is CCCCCCCCP(Br)(CC)(CCCCCCCC)CCCCCCCC. The Kier molecular flexibility index (Phi) is 19.3. The molecule has 0 bridgehead atoms. The molecule has 0 aromatic rings. The number of halogens is 1. The van der Waals surface area contributed by atoms with Gasteiger partial charge < -0.3 is 0 Å². The molecule has 0 atom stereocenters. The van der Waals surface area contributed by atoms with Gasteiger partial charge in [-0.15, -0.1) is 0 Å². The summed E-state index contributed by atoms with van der Waals surface area (Å²) in [4.78, 5) is 0. The molecule has 0 fully saturated rings. The summed E-state index contributed by atoms with van der Waals surface area (Å²) in [5.41, 5.74) is 0. The van der Waals surface area contributed by atoms with E-state index in [9.17, 15) is 0 Å². The minimum atomic E-state index is -1.65. The zero-order valence-electron chi connectivity index (χ0n) is 20.4. The van der Waals surface area contributed by atoms with Crippen LogP contribution in [0, 0.1) is 0 Å². The van der Waals surface area contributed by atoms with Gasteiger partial charge >= 0.3 is 189 Å². The fourth-order valence-corrected chi connectivity index (χ4v) is 11.6. The number of unbranched alkanes of at least 4 members (excludes halogenated alkanes) is 15. The van der Waals surface area contributed by atoms with Gasteiger partial charge in [0.25, 0.3) is 0 Å². The molecule has 0 aromatic heterocycles. The van der Waals surface area contributed by atoms with Crippen molar-refractivity contribution in [1.29, 1.82) is 0 Å². The van der Waals surface area contributed by atoms with E-state index in [1.165, 1.54) is 140 Å². The molecule has 0 saturated carbocycles. The zero-order valence-corrected chi connectivity index (χ0v) is 22.9. The molecule has 2 heteroatoms. The van der Waals surface area contributed by atoms with E-state index in [-0.39, 0.29) is 0 Å². The Hall–Kier alpha value is 0.910. The van der Waals surface area contributed by atoms with Crippen molar-refractivity contribution in [2.75, 3.05) is 24.6 Å². The Morgan fingerprint density at radius 1 is 0.393 bits per heavy atom. The van der Waals surface area contributed by atoms with Crippen molar-refractivity contribution in [2.45, 2.75) is 143 Å². The summed E-state index contributed by atoms with van der Waals surface area (Å²) in [6.07, 6.45) is 32.0. The van der Waals surface area contributed by atoms with Crippen LogP contribution in [0.1, 0.15) is 143 Å². The fraction of sp³-hybridized carbons (Fsp3) is 1.00. The Morgan fingerprint density at radius 2 is 0.643 bits per heavy atom. The summed E-state index contributed by atoms with van der Waals surface area (Å²) in [7, 11) is 0. The zero-order chi connectivity index (χ0) is 21.0. The van der Waals surface area contributed by atoms with Crippen LogP contribution < -0.4 is 0 Å². The van der Waals surface area contributed by atoms with Gasteiger partial charge in [0, 0.05) is 0 Å². The number of hydrogen-bond acceptors (Lipinski definition) is 0. The molecule has 172 valence electrons. The molecule has 0 aliphatic rings. The van der Waals surface area contributed by atoms with Gasteiger partial charge in [0.15, 0.2) is 0 Å². The summed E-state index contributed by atoms with van der Waals surface area (Å²) in [6.45, 7) is 9.48. The molecule has 0 radical (unpaired) electrons. The van der Waals surface area contributed by atoms with E-state index in [1.807, 2.05) is 0 Å². The van der Waals surface area contributed by atoms with Crippen molar-refractivity contribution < 1.29 is 0 Å². The Balaban J connectivity index is 4.51. The van der Waals surface area contributed by atoms with Crippen LogP contribution in [0.4, 0.5) is 0 Å². The van der Waals surface area contributed by atoms with Crippen LogP contribution in [0.5, 0.6) is 0 Å². The molecule has 28 heavy (non-hydrogen) atoms. The second kappa shape index (κ2) is 18.7. The van der Waals surface area contributed by atoms with Crippen LogP contribution in [0.25, 0.3) is 0 Å². The monoisotopic (exact) mass is 478 g/mol. The number of hydrogen-bond donors (Lipinski definition) is 0. The molecule has 0 spiro atoms. The Bertz CT molecular complexity index is 285. The molecule has 0 unspecified atom stereocenters. The topological polar surface area (TPSA) is 0 Å². The summed E-state index contributed by atoms with van der Waals surface area (Å²) >= 11 is 4.57. The van der Waals surface area contributed by atoms with E-state index in [0.29, 0.717) is 0 Å². The van der Waals surface area contributed by atoms with Crippen molar-refractivity contribution in [3.8, 4) is 0 Å². The van der Waals surface area contributed by atoms with Crippen molar-refractivity contribution >= 4 is 20.8 Å². The van der Waals surface area contributed by atoms with E-state index in [0.717, 1.165) is 0 Å². The van der Waals surface area contributed by atoms with Crippen LogP contribution in [0.2, 0.25) is 0 Å². The molecule has 0 aliphatic heterocycles. The minimum absolute atomic E-state index is 1.36. The summed E-state index contributed by atoms with van der Waals surface area (Å²) in [5, 5.41) is -1.65. The third kappa shape index (κ3) is 14.8. The molecule has 0 saturated heterocycles. The molecular weight excluding hydrogens is 423 g/mol. The van der Waals surface area contributed by atoms with Gasteiger partial charge in [-0.3, -0.25) is 0 Å². The van der Waals surface area contributed by atoms with Crippen LogP contribution in [0.15, 0.2) is 0 Å². The van der Waals surface area contributed by atoms with Crippen LogP contribution in [-0.2, 0) is 0 Å². The maximum absolute atomic E-state index is 4.57. The van der Waals surface area contributed by atoms with Gasteiger partial charge in [-0.05, 0) is 0 Å². The standard InChI is InChI=1S/C26H56BrP/c1-5-9-12-15-18-21-24-28(27,8-4,25-22-19-16-13-10-6-2)26-23-20-17-14-11-7-3/h5-26H2,1-4H3. The predicted molar refractivity (Wildman–Crippen MR) is 141 cm³/mol. The summed E-state index contributed by atoms with van der Waals surface area (Å²) in [6, 6.07) is 0. The summed E-state index contributed by atoms with van der Waals surface area (Å²) in [5.74, 6) is 0. The molecule has 0 amide bonds. The van der Waals surface area contributed by atoms with Gasteiger partial charge in [-0.25, -0.2) is 0 Å². The van der Waals surface area contributed by atoms with E-state index < -0.39 is 5.31 Å². The van der Waals surface area contributed by atoms with Gasteiger partial charge in [0.2, 0.25) is 0 Å². The van der Waals surface area contributed by atoms with Crippen LogP contribution >= 0.6 is 20.8 Å². The van der Waals surface area contributed by atoms with E-state index in [1.54, 1.807) is 0 Å². The first-order valence-electron chi connectivity index (χ1n) is 13.3. The average Bonchev–Trinajstić information content (AvgIpc) is 2.70. The van der Waals surface area contributed by atoms with E-state index in [2.05, 4.69) is 43.2 Å². The second-order valence-corrected chi connectivity index (χ2v) is 21.2. The molecule has 0 N–H and O–H groups in total. The Labute approximate surface area is 188 Å². The van der Waals surface area contributed by atoms with Gasteiger partial charge in [-0.2, -0.15) is 0 Å². The van der Waals surface area contributed by atoms with Crippen molar-refractivity contribution in [3.05, 3.63) is 0 Å². The van der Waals surface area contributed by atoms with Crippen LogP contribution in [-0.4, -0.2) is 24.6 Å². The van der Waals surface area contributed by atoms with E-state index >= 15 is 0 Å². The third-order valence-corrected chi connectivity index (χ3v) is 17.6. The first-order chi connectivity index (χ1) is 13.5. The van der Waals surface area contributed by atoms with Gasteiger partial charge in [0.05, 0.1) is 0 Å². The molecule has 0 aromatic carbocycles. The quantitative estimate of drug-likeness (QED) is 0.107. The first kappa shape index (κ1) is 28.9. The van der Waals surface area contributed by atoms with E-state index in [4.69, 9.17) is 0 Å². The first-order valence-corrected chi connectivity index (χ1v) is 18.3. The number of rotatable bonds is 22. The fourth-order valence-electron chi connectivity index (χ4n) is 4.67. The van der Waals surface area contributed by atoms with Crippen molar-refractivity contribution in [1.82, 2.24) is 0 Å². The van der Waals surface area contributed by atoms with Crippen LogP contribution in [0.3, 0.4) is 0 Å². The maximum atomic E-state index is 4.57. The van der Waals surface area contributed by atoms with Gasteiger partial charge in [0.1, 0.15) is 0 Å². The molecule has 0 rings (SSSR count). The molecule has 0 nitrogen and oxygen atoms in total.